The van der Waals surface area contributed by atoms with Crippen molar-refractivity contribution < 1.29 is 0 Å². The van der Waals surface area contributed by atoms with E-state index in [9.17, 15) is 0 Å². The van der Waals surface area contributed by atoms with E-state index in [0.29, 0.717) is 5.02 Å². The van der Waals surface area contributed by atoms with Crippen LogP contribution in [0, 0.1) is 0 Å². The Morgan fingerprint density at radius 2 is 1.07 bits per heavy atom. The second kappa shape index (κ2) is 12.8. The van der Waals surface area contributed by atoms with Crippen molar-refractivity contribution in [3.63, 3.8) is 0 Å². The van der Waals surface area contributed by atoms with Gasteiger partial charge in [-0.15, -0.1) is 0 Å². The zero-order chi connectivity index (χ0) is 28.2. The minimum atomic E-state index is 0.0770. The van der Waals surface area contributed by atoms with Crippen LogP contribution in [0.1, 0.15) is 0 Å². The number of halogens is 3. The normalized spacial score (nSPS) is 10.9. The van der Waals surface area contributed by atoms with Gasteiger partial charge in [-0.05, 0) is 0 Å². The molecule has 0 bridgehead atoms. The van der Waals surface area contributed by atoms with Crippen molar-refractivity contribution in [3.05, 3.63) is 160 Å². The van der Waals surface area contributed by atoms with Crippen molar-refractivity contribution in [1.29, 1.82) is 0 Å². The molecule has 0 aliphatic rings. The molecule has 0 aromatic heterocycles. The molecule has 0 radical (unpaired) electrons. The fraction of sp³-hybridized carbons (Fsp3) is 0. The Kier molecular flexibility index (Phi) is 8.76. The van der Waals surface area contributed by atoms with Crippen molar-refractivity contribution in [2.75, 3.05) is 4.90 Å². The number of para-hydroxylation sites is 1. The van der Waals surface area contributed by atoms with Gasteiger partial charge in [0, 0.05) is 0 Å². The second-order valence-corrected chi connectivity index (χ2v) is 14.1. The summed E-state index contributed by atoms with van der Waals surface area (Å²) >= 11 is 14.3. The summed E-state index contributed by atoms with van der Waals surface area (Å²) in [7, 11) is 0. The zero-order valence-electron chi connectivity index (χ0n) is 21.8. The molecule has 0 unspecified atom stereocenters. The summed E-state index contributed by atoms with van der Waals surface area (Å²) in [6.07, 6.45) is 0. The topological polar surface area (TPSA) is 3.24 Å². The van der Waals surface area contributed by atoms with Crippen LogP contribution < -0.4 is 13.8 Å². The fourth-order valence-electron chi connectivity index (χ4n) is 4.91. The molecule has 0 spiro atoms. The first-order valence-corrected chi connectivity index (χ1v) is 16.8. The Balaban J connectivity index is 1.62. The van der Waals surface area contributed by atoms with E-state index in [1.165, 1.54) is 8.92 Å². The van der Waals surface area contributed by atoms with Gasteiger partial charge in [0.2, 0.25) is 0 Å². The van der Waals surface area contributed by atoms with Gasteiger partial charge in [0.25, 0.3) is 0 Å². The van der Waals surface area contributed by atoms with Crippen LogP contribution in [0.15, 0.2) is 155 Å². The third kappa shape index (κ3) is 6.54. The average Bonchev–Trinajstić information content (AvgIpc) is 2.98. The molecular formula is C36H24Br2ClNSe. The predicted octanol–water partition coefficient (Wildman–Crippen LogP) is 10.3. The first-order chi connectivity index (χ1) is 20.0. The van der Waals surface area contributed by atoms with Crippen molar-refractivity contribution in [2.24, 2.45) is 0 Å². The molecule has 200 valence electrons. The molecule has 0 fully saturated rings. The third-order valence-electron chi connectivity index (χ3n) is 6.64. The van der Waals surface area contributed by atoms with Crippen LogP contribution in [0.5, 0.6) is 0 Å². The second-order valence-electron chi connectivity index (χ2n) is 9.45. The number of benzene rings is 6. The first kappa shape index (κ1) is 28.0. The molecule has 0 aliphatic carbocycles. The molecule has 0 heterocycles. The van der Waals surface area contributed by atoms with E-state index in [1.807, 2.05) is 0 Å². The van der Waals surface area contributed by atoms with E-state index in [-0.39, 0.29) is 15.0 Å². The molecule has 0 atom stereocenters. The summed E-state index contributed by atoms with van der Waals surface area (Å²) in [5.74, 6) is 0. The summed E-state index contributed by atoms with van der Waals surface area (Å²) in [5, 5.41) is 0.716. The Bertz CT molecular complexity index is 1750. The molecule has 6 rings (SSSR count). The molecular weight excluding hydrogens is 721 g/mol. The monoisotopic (exact) mass is 743 g/mol. The van der Waals surface area contributed by atoms with Crippen LogP contribution in [0.4, 0.5) is 17.1 Å². The quantitative estimate of drug-likeness (QED) is 0.147. The van der Waals surface area contributed by atoms with Gasteiger partial charge in [-0.1, -0.05) is 0 Å². The van der Waals surface area contributed by atoms with Gasteiger partial charge in [-0.25, -0.2) is 0 Å². The summed E-state index contributed by atoms with van der Waals surface area (Å²) < 4.78 is 4.58. The number of hydrogen-bond donors (Lipinski definition) is 0. The summed E-state index contributed by atoms with van der Waals surface area (Å²) in [4.78, 5) is 2.35. The number of anilines is 3. The molecule has 1 nitrogen and oxygen atoms in total. The van der Waals surface area contributed by atoms with Crippen molar-refractivity contribution in [1.82, 2.24) is 0 Å². The van der Waals surface area contributed by atoms with Crippen LogP contribution in [0.25, 0.3) is 22.3 Å². The molecule has 0 aliphatic heterocycles. The number of rotatable bonds is 7. The van der Waals surface area contributed by atoms with Crippen molar-refractivity contribution in [3.8, 4) is 22.3 Å². The van der Waals surface area contributed by atoms with Gasteiger partial charge in [-0.2, -0.15) is 0 Å². The summed E-state index contributed by atoms with van der Waals surface area (Å²) in [6.45, 7) is 0. The summed E-state index contributed by atoms with van der Waals surface area (Å²) in [5.41, 5.74) is 7.76. The molecule has 6 aromatic carbocycles. The third-order valence-corrected chi connectivity index (χ3v) is 9.86. The van der Waals surface area contributed by atoms with E-state index >= 15 is 0 Å². The van der Waals surface area contributed by atoms with Gasteiger partial charge in [0.1, 0.15) is 0 Å². The maximum absolute atomic E-state index is 6.88. The number of hydrogen-bond acceptors (Lipinski definition) is 1. The Morgan fingerprint density at radius 1 is 0.488 bits per heavy atom. The van der Waals surface area contributed by atoms with Crippen LogP contribution in [0.2, 0.25) is 5.02 Å². The van der Waals surface area contributed by atoms with Gasteiger partial charge in [0.05, 0.1) is 0 Å². The molecule has 0 saturated carbocycles. The van der Waals surface area contributed by atoms with E-state index in [2.05, 4.69) is 182 Å². The van der Waals surface area contributed by atoms with E-state index in [4.69, 9.17) is 11.6 Å². The van der Waals surface area contributed by atoms with Gasteiger partial charge in [-0.3, -0.25) is 0 Å². The molecule has 5 heteroatoms. The Labute approximate surface area is 269 Å². The van der Waals surface area contributed by atoms with Crippen LogP contribution in [-0.4, -0.2) is 15.0 Å². The van der Waals surface area contributed by atoms with Crippen LogP contribution in [0.3, 0.4) is 0 Å². The van der Waals surface area contributed by atoms with Crippen molar-refractivity contribution in [2.45, 2.75) is 0 Å². The Hall–Kier alpha value is -3.11. The van der Waals surface area contributed by atoms with E-state index in [1.54, 1.807) is 0 Å². The SMILES string of the molecule is Clc1cc([Se]c2cccc(Br)c2)cc(N(c2cccc(Br)c2)c2c(-c3ccccc3)cccc2-c2ccccc2)c1. The summed E-state index contributed by atoms with van der Waals surface area (Å²) in [6, 6.07) is 51.1. The molecule has 0 saturated heterocycles. The molecule has 41 heavy (non-hydrogen) atoms. The average molecular weight is 745 g/mol. The maximum atomic E-state index is 6.88. The zero-order valence-corrected chi connectivity index (χ0v) is 27.5. The molecule has 6 aromatic rings. The van der Waals surface area contributed by atoms with Crippen LogP contribution >= 0.6 is 43.5 Å². The minimum absolute atomic E-state index is 0.0770. The molecule has 0 amide bonds. The molecule has 0 N–H and O–H groups in total. The fourth-order valence-corrected chi connectivity index (χ4v) is 8.45. The standard InChI is InChI=1S/C36H24Br2ClNSe/c37-27-14-7-16-30(20-27)40(31-22-29(39)23-33(24-31)41-32-17-8-15-28(38)21-32)36-34(25-10-3-1-4-11-25)18-9-19-35(36)26-12-5-2-6-13-26/h1-24H. The van der Waals surface area contributed by atoms with Crippen molar-refractivity contribution >= 4 is 84.4 Å². The van der Waals surface area contributed by atoms with Gasteiger partial charge in [0.15, 0.2) is 0 Å². The predicted molar refractivity (Wildman–Crippen MR) is 184 cm³/mol. The first-order valence-electron chi connectivity index (χ1n) is 13.1. The van der Waals surface area contributed by atoms with Gasteiger partial charge >= 0.3 is 271 Å². The Morgan fingerprint density at radius 3 is 1.68 bits per heavy atom. The van der Waals surface area contributed by atoms with E-state index < -0.39 is 0 Å². The van der Waals surface area contributed by atoms with Gasteiger partial charge < -0.3 is 0 Å². The van der Waals surface area contributed by atoms with E-state index in [0.717, 1.165) is 48.3 Å². The number of nitrogens with zero attached hydrogens (tertiary/aromatic N) is 1. The van der Waals surface area contributed by atoms with Crippen LogP contribution in [-0.2, 0) is 0 Å².